The van der Waals surface area contributed by atoms with Gasteiger partial charge in [0.15, 0.2) is 0 Å². The van der Waals surface area contributed by atoms with Gasteiger partial charge in [-0.1, -0.05) is 200 Å². The van der Waals surface area contributed by atoms with E-state index in [2.05, 4.69) is 110 Å². The fourth-order valence-electron chi connectivity index (χ4n) is 6.75. The van der Waals surface area contributed by atoms with E-state index in [1.54, 1.807) is 5.57 Å². The number of rotatable bonds is 6. The van der Waals surface area contributed by atoms with Crippen LogP contribution in [-0.4, -0.2) is 0 Å². The molecule has 6 unspecified atom stereocenters. The molecule has 3 fully saturated rings. The summed E-state index contributed by atoms with van der Waals surface area (Å²) in [6, 6.07) is 0. The summed E-state index contributed by atoms with van der Waals surface area (Å²) in [5.74, 6) is 8.46. The Hall–Kier alpha value is -0.260. The predicted molar refractivity (Wildman–Crippen MR) is 211 cm³/mol. The average molecular weight is 623 g/mol. The molecule has 0 nitrogen and oxygen atoms in total. The van der Waals surface area contributed by atoms with Crippen molar-refractivity contribution in [2.75, 3.05) is 0 Å². The van der Waals surface area contributed by atoms with Crippen LogP contribution in [0.5, 0.6) is 0 Å². The Kier molecular flexibility index (Phi) is 39.2. The van der Waals surface area contributed by atoms with Crippen molar-refractivity contribution >= 4 is 0 Å². The van der Waals surface area contributed by atoms with E-state index in [1.807, 2.05) is 0 Å². The zero-order chi connectivity index (χ0) is 33.8. The van der Waals surface area contributed by atoms with Crippen molar-refractivity contribution in [2.24, 2.45) is 53.3 Å². The number of hydrogen-bond acceptors (Lipinski definition) is 0. The molecule has 6 atom stereocenters. The van der Waals surface area contributed by atoms with Crippen molar-refractivity contribution in [3.8, 4) is 0 Å². The third kappa shape index (κ3) is 31.7. The van der Waals surface area contributed by atoms with E-state index in [0.29, 0.717) is 0 Å². The molecule has 3 rings (SSSR count). The van der Waals surface area contributed by atoms with Gasteiger partial charge in [0.25, 0.3) is 0 Å². The largest absolute Gasteiger partial charge is 0.0993 e. The predicted octanol–water partition coefficient (Wildman–Crippen LogP) is 16.6. The molecule has 3 aliphatic rings. The van der Waals surface area contributed by atoms with E-state index in [1.165, 1.54) is 109 Å². The Balaban J connectivity index is -0.000000229. The van der Waals surface area contributed by atoms with Crippen molar-refractivity contribution in [3.63, 3.8) is 0 Å². The maximum absolute atomic E-state index is 4.22. The lowest BCUT2D eigenvalue weighted by atomic mass is 9.75. The summed E-state index contributed by atoms with van der Waals surface area (Å²) in [4.78, 5) is 0. The number of allylic oxidation sites excluding steroid dienone is 1. The first-order valence-corrected chi connectivity index (χ1v) is 19.9. The van der Waals surface area contributed by atoms with Crippen LogP contribution in [0.3, 0.4) is 0 Å². The Morgan fingerprint density at radius 2 is 0.750 bits per heavy atom. The number of hydrogen-bond donors (Lipinski definition) is 0. The average Bonchev–Trinajstić information content (AvgIpc) is 2.97. The fraction of sp³-hybridized carbons (Fsp3) is 0.955. The highest BCUT2D eigenvalue weighted by Crippen LogP contribution is 2.36. The third-order valence-corrected chi connectivity index (χ3v) is 9.30. The molecule has 0 heterocycles. The molecule has 0 heteroatoms. The Bertz CT molecular complexity index is 496. The van der Waals surface area contributed by atoms with Crippen molar-refractivity contribution in [1.82, 2.24) is 0 Å². The summed E-state index contributed by atoms with van der Waals surface area (Å²) in [6.45, 7) is 37.7. The Labute approximate surface area is 285 Å². The van der Waals surface area contributed by atoms with Crippen molar-refractivity contribution in [3.05, 3.63) is 12.2 Å². The van der Waals surface area contributed by atoms with Crippen LogP contribution in [0.1, 0.15) is 220 Å². The zero-order valence-corrected chi connectivity index (χ0v) is 33.4. The molecule has 3 saturated carbocycles. The van der Waals surface area contributed by atoms with Gasteiger partial charge in [-0.3, -0.25) is 0 Å². The quantitative estimate of drug-likeness (QED) is 0.258. The lowest BCUT2D eigenvalue weighted by Gasteiger charge is -2.30. The van der Waals surface area contributed by atoms with Crippen molar-refractivity contribution in [2.45, 2.75) is 220 Å². The highest BCUT2D eigenvalue weighted by Gasteiger charge is 2.23. The van der Waals surface area contributed by atoms with E-state index in [-0.39, 0.29) is 7.43 Å². The van der Waals surface area contributed by atoms with E-state index in [0.717, 1.165) is 53.3 Å². The standard InChI is InChI=1S/C11H20.2C10H20.3C4H10.CH4/c1-4-10-7-6-8-11(5-2)9(10)3;1-3-9-6-5-7-10(4-2)8-9;1-3-9-7-5-6-8-10(9)4-2;3*1-4(2)3;/h10-11H,3-8H2,1-2H3;2*9-10H,3-8H2,1-2H3;3*4H,1-3H3;1H4. The maximum atomic E-state index is 4.22. The lowest BCUT2D eigenvalue weighted by Crippen LogP contribution is -2.17. The Morgan fingerprint density at radius 3 is 1.00 bits per heavy atom. The molecule has 0 aromatic carbocycles. The van der Waals surface area contributed by atoms with Crippen LogP contribution in [-0.2, 0) is 0 Å². The van der Waals surface area contributed by atoms with Crippen LogP contribution < -0.4 is 0 Å². The first kappa shape index (κ1) is 50.6. The molecule has 0 aromatic rings. The fourth-order valence-corrected chi connectivity index (χ4v) is 6.75. The molecule has 0 aliphatic heterocycles. The SMILES string of the molecule is C.C=C1C(CC)CCCC1CC.CC(C)C.CC(C)C.CC(C)C.CCC1CCCC(CC)C1.CCC1CCCCC1CC. The van der Waals surface area contributed by atoms with Crippen LogP contribution >= 0.6 is 0 Å². The molecule has 0 saturated heterocycles. The van der Waals surface area contributed by atoms with Crippen LogP contribution in [0, 0.1) is 53.3 Å². The summed E-state index contributed by atoms with van der Waals surface area (Å²) in [5.41, 5.74) is 1.54. The maximum Gasteiger partial charge on any atom is -0.0206 e. The molecular weight excluding hydrogens is 528 g/mol. The van der Waals surface area contributed by atoms with Gasteiger partial charge in [-0.2, -0.15) is 0 Å². The second-order valence-corrected chi connectivity index (χ2v) is 16.2. The van der Waals surface area contributed by atoms with Gasteiger partial charge < -0.3 is 0 Å². The van der Waals surface area contributed by atoms with Gasteiger partial charge >= 0.3 is 0 Å². The summed E-state index contributed by atoms with van der Waals surface area (Å²) < 4.78 is 0. The van der Waals surface area contributed by atoms with Crippen LogP contribution in [0.2, 0.25) is 0 Å². The van der Waals surface area contributed by atoms with Gasteiger partial charge in [0, 0.05) is 0 Å². The van der Waals surface area contributed by atoms with Gasteiger partial charge in [-0.15, -0.1) is 0 Å². The molecule has 44 heavy (non-hydrogen) atoms. The summed E-state index contributed by atoms with van der Waals surface area (Å²) in [7, 11) is 0. The molecule has 0 spiro atoms. The second kappa shape index (κ2) is 34.1. The highest BCUT2D eigenvalue weighted by molar-refractivity contribution is 5.08. The normalized spacial score (nSPS) is 26.1. The highest BCUT2D eigenvalue weighted by atomic mass is 14.3. The monoisotopic (exact) mass is 623 g/mol. The summed E-state index contributed by atoms with van der Waals surface area (Å²) >= 11 is 0. The molecule has 0 bridgehead atoms. The van der Waals surface area contributed by atoms with Crippen LogP contribution in [0.25, 0.3) is 0 Å². The van der Waals surface area contributed by atoms with Crippen molar-refractivity contribution < 1.29 is 0 Å². The molecule has 3 aliphatic carbocycles. The molecule has 0 amide bonds. The molecular formula is C44H94. The van der Waals surface area contributed by atoms with Gasteiger partial charge in [-0.25, -0.2) is 0 Å². The minimum absolute atomic E-state index is 0. The molecule has 0 radical (unpaired) electrons. The first-order chi connectivity index (χ1) is 20.2. The van der Waals surface area contributed by atoms with Crippen LogP contribution in [0.4, 0.5) is 0 Å². The lowest BCUT2D eigenvalue weighted by molar-refractivity contribution is 0.224. The van der Waals surface area contributed by atoms with Crippen molar-refractivity contribution in [1.29, 1.82) is 0 Å². The van der Waals surface area contributed by atoms with E-state index < -0.39 is 0 Å². The minimum atomic E-state index is 0. The smallest absolute Gasteiger partial charge is 0.0206 e. The first-order valence-electron chi connectivity index (χ1n) is 19.9. The Morgan fingerprint density at radius 1 is 0.455 bits per heavy atom. The van der Waals surface area contributed by atoms with Crippen LogP contribution in [0.15, 0.2) is 12.2 Å². The molecule has 270 valence electrons. The third-order valence-electron chi connectivity index (χ3n) is 9.30. The van der Waals surface area contributed by atoms with Gasteiger partial charge in [0.2, 0.25) is 0 Å². The zero-order valence-electron chi connectivity index (χ0n) is 33.4. The second-order valence-electron chi connectivity index (χ2n) is 16.2. The van der Waals surface area contributed by atoms with E-state index >= 15 is 0 Å². The molecule has 0 N–H and O–H groups in total. The van der Waals surface area contributed by atoms with Gasteiger partial charge in [0.1, 0.15) is 0 Å². The topological polar surface area (TPSA) is 0 Å². The van der Waals surface area contributed by atoms with E-state index in [4.69, 9.17) is 0 Å². The van der Waals surface area contributed by atoms with Gasteiger partial charge in [0.05, 0.1) is 0 Å². The summed E-state index contributed by atoms with van der Waals surface area (Å²) in [5, 5.41) is 0. The van der Waals surface area contributed by atoms with Gasteiger partial charge in [-0.05, 0) is 85.4 Å². The summed E-state index contributed by atoms with van der Waals surface area (Å²) in [6.07, 6.45) is 24.5. The van der Waals surface area contributed by atoms with E-state index in [9.17, 15) is 0 Å². The minimum Gasteiger partial charge on any atom is -0.0993 e. The molecule has 0 aromatic heterocycles.